The van der Waals surface area contributed by atoms with Gasteiger partial charge in [-0.25, -0.2) is 18.6 Å². The van der Waals surface area contributed by atoms with Crippen LogP contribution in [0.25, 0.3) is 0 Å². The summed E-state index contributed by atoms with van der Waals surface area (Å²) in [5.74, 6) is -4.28. The molecule has 1 aromatic carbocycles. The number of carboxylic acid groups (broad SMARTS) is 1. The maximum atomic E-state index is 13.9. The van der Waals surface area contributed by atoms with Crippen molar-refractivity contribution in [3.63, 3.8) is 0 Å². The van der Waals surface area contributed by atoms with Gasteiger partial charge in [0, 0.05) is 24.1 Å². The van der Waals surface area contributed by atoms with Gasteiger partial charge in [0.2, 0.25) is 0 Å². The zero-order chi connectivity index (χ0) is 17.0. The Morgan fingerprint density at radius 2 is 2.17 bits per heavy atom. The second-order valence-electron chi connectivity index (χ2n) is 5.40. The fraction of sp³-hybridized carbons (Fsp3) is 0.400. The zero-order valence-corrected chi connectivity index (χ0v) is 12.5. The number of hydrogen-bond donors (Lipinski definition) is 2. The van der Waals surface area contributed by atoms with E-state index in [0.29, 0.717) is 25.5 Å². The minimum absolute atomic E-state index is 0.305. The number of rotatable bonds is 7. The Bertz CT molecular complexity index is 679. The van der Waals surface area contributed by atoms with Crippen LogP contribution in [0.5, 0.6) is 0 Å². The number of aliphatic carboxylic acids is 1. The molecule has 23 heavy (non-hydrogen) atoms. The molecule has 0 fully saturated rings. The van der Waals surface area contributed by atoms with Gasteiger partial charge in [-0.05, 0) is 25.0 Å². The largest absolute Gasteiger partial charge is 0.479 e. The third kappa shape index (κ3) is 3.53. The molecule has 2 aromatic rings. The molecule has 0 saturated heterocycles. The van der Waals surface area contributed by atoms with Crippen molar-refractivity contribution < 1.29 is 23.8 Å². The van der Waals surface area contributed by atoms with E-state index in [1.165, 1.54) is 19.6 Å². The lowest BCUT2D eigenvalue weighted by Gasteiger charge is -2.30. The highest BCUT2D eigenvalue weighted by Crippen LogP contribution is 2.35. The number of halogens is 2. The van der Waals surface area contributed by atoms with E-state index in [9.17, 15) is 23.8 Å². The Labute approximate surface area is 131 Å². The van der Waals surface area contributed by atoms with Crippen molar-refractivity contribution in [2.24, 2.45) is 5.92 Å². The van der Waals surface area contributed by atoms with E-state index in [-0.39, 0.29) is 0 Å². The van der Waals surface area contributed by atoms with Gasteiger partial charge in [0.05, 0.1) is 0 Å². The third-order valence-electron chi connectivity index (χ3n) is 3.87. The van der Waals surface area contributed by atoms with Crippen LogP contribution in [-0.4, -0.2) is 30.9 Å². The van der Waals surface area contributed by atoms with Gasteiger partial charge in [0.25, 0.3) is 0 Å². The van der Waals surface area contributed by atoms with E-state index in [2.05, 4.69) is 10.1 Å². The van der Waals surface area contributed by atoms with Crippen LogP contribution in [0.4, 0.5) is 8.78 Å². The number of nitrogens with zero attached hydrogens (tertiary/aromatic N) is 3. The smallest absolute Gasteiger partial charge is 0.340 e. The standard InChI is InChI=1S/C15H17F2N3O3/c1-10(3-2-6-20-9-18-8-19-20)15(23,14(21)22)12-5-4-11(16)7-13(12)17/h4-5,7-10,23H,2-3,6H2,1H3,(H,21,22)/t10?,15-/m1/s1. The topological polar surface area (TPSA) is 88.2 Å². The van der Waals surface area contributed by atoms with Crippen molar-refractivity contribution in [1.29, 1.82) is 0 Å². The molecule has 0 bridgehead atoms. The van der Waals surface area contributed by atoms with Crippen molar-refractivity contribution in [2.45, 2.75) is 31.9 Å². The first-order chi connectivity index (χ1) is 10.9. The summed E-state index contributed by atoms with van der Waals surface area (Å²) in [6.07, 6.45) is 3.72. The van der Waals surface area contributed by atoms with Crippen LogP contribution < -0.4 is 0 Å². The Hall–Kier alpha value is -2.35. The molecule has 2 rings (SSSR count). The fourth-order valence-corrected chi connectivity index (χ4v) is 2.51. The lowest BCUT2D eigenvalue weighted by Crippen LogP contribution is -2.42. The third-order valence-corrected chi connectivity index (χ3v) is 3.87. The average Bonchev–Trinajstić information content (AvgIpc) is 2.99. The molecule has 1 heterocycles. The molecule has 124 valence electrons. The predicted molar refractivity (Wildman–Crippen MR) is 76.3 cm³/mol. The molecule has 6 nitrogen and oxygen atoms in total. The highest BCUT2D eigenvalue weighted by atomic mass is 19.1. The van der Waals surface area contributed by atoms with Gasteiger partial charge in [-0.2, -0.15) is 5.10 Å². The summed E-state index contributed by atoms with van der Waals surface area (Å²) >= 11 is 0. The second-order valence-corrected chi connectivity index (χ2v) is 5.40. The molecule has 1 aromatic heterocycles. The molecule has 0 aliphatic heterocycles. The van der Waals surface area contributed by atoms with Crippen LogP contribution in [0.15, 0.2) is 30.9 Å². The highest BCUT2D eigenvalue weighted by molar-refractivity contribution is 5.79. The first-order valence-corrected chi connectivity index (χ1v) is 7.09. The number of aromatic nitrogens is 3. The molecule has 8 heteroatoms. The molecule has 0 amide bonds. The minimum Gasteiger partial charge on any atom is -0.479 e. The lowest BCUT2D eigenvalue weighted by atomic mass is 9.79. The molecule has 0 radical (unpaired) electrons. The van der Waals surface area contributed by atoms with E-state index in [1.807, 2.05) is 0 Å². The van der Waals surface area contributed by atoms with Gasteiger partial charge < -0.3 is 10.2 Å². The van der Waals surface area contributed by atoms with Crippen LogP contribution in [0.2, 0.25) is 0 Å². The van der Waals surface area contributed by atoms with Crippen LogP contribution in [0.3, 0.4) is 0 Å². The molecule has 0 aliphatic carbocycles. The minimum atomic E-state index is -2.43. The summed E-state index contributed by atoms with van der Waals surface area (Å²) in [4.78, 5) is 15.3. The van der Waals surface area contributed by atoms with E-state index < -0.39 is 34.7 Å². The molecule has 1 unspecified atom stereocenters. The van der Waals surface area contributed by atoms with Crippen LogP contribution >= 0.6 is 0 Å². The zero-order valence-electron chi connectivity index (χ0n) is 12.5. The summed E-state index contributed by atoms with van der Waals surface area (Å²) in [7, 11) is 0. The normalized spacial score (nSPS) is 15.1. The maximum Gasteiger partial charge on any atom is 0.340 e. The van der Waals surface area contributed by atoms with Gasteiger partial charge in [0.1, 0.15) is 24.3 Å². The molecule has 2 atom stereocenters. The quantitative estimate of drug-likeness (QED) is 0.812. The highest BCUT2D eigenvalue weighted by Gasteiger charge is 2.45. The predicted octanol–water partition coefficient (Wildman–Crippen LogP) is 1.94. The van der Waals surface area contributed by atoms with Crippen molar-refractivity contribution in [3.05, 3.63) is 48.1 Å². The first-order valence-electron chi connectivity index (χ1n) is 7.09. The lowest BCUT2D eigenvalue weighted by molar-refractivity contribution is -0.166. The molecule has 0 spiro atoms. The number of aliphatic hydroxyl groups is 1. The van der Waals surface area contributed by atoms with E-state index >= 15 is 0 Å². The number of carboxylic acids is 1. The Kier molecular flexibility index (Phi) is 5.05. The van der Waals surface area contributed by atoms with E-state index in [4.69, 9.17) is 0 Å². The molecular weight excluding hydrogens is 308 g/mol. The first kappa shape index (κ1) is 17.0. The second kappa shape index (κ2) is 6.82. The van der Waals surface area contributed by atoms with Gasteiger partial charge >= 0.3 is 5.97 Å². The fourth-order valence-electron chi connectivity index (χ4n) is 2.51. The van der Waals surface area contributed by atoms with Crippen LogP contribution in [0, 0.1) is 17.6 Å². The van der Waals surface area contributed by atoms with E-state index in [1.54, 1.807) is 4.68 Å². The van der Waals surface area contributed by atoms with Crippen LogP contribution in [0.1, 0.15) is 25.3 Å². The molecular formula is C15H17F2N3O3. The summed E-state index contributed by atoms with van der Waals surface area (Å²) < 4.78 is 28.5. The Balaban J connectivity index is 2.16. The van der Waals surface area contributed by atoms with Crippen molar-refractivity contribution >= 4 is 5.97 Å². The number of aryl methyl sites for hydroxylation is 1. The average molecular weight is 325 g/mol. The summed E-state index contributed by atoms with van der Waals surface area (Å²) in [6, 6.07) is 2.45. The molecule has 2 N–H and O–H groups in total. The van der Waals surface area contributed by atoms with E-state index in [0.717, 1.165) is 12.1 Å². The maximum absolute atomic E-state index is 13.9. The molecule has 0 aliphatic rings. The SMILES string of the molecule is CC(CCCn1cncn1)[C@](O)(C(=O)O)c1ccc(F)cc1F. The van der Waals surface area contributed by atoms with Crippen molar-refractivity contribution in [1.82, 2.24) is 14.8 Å². The monoisotopic (exact) mass is 325 g/mol. The van der Waals surface area contributed by atoms with Gasteiger partial charge in [-0.3, -0.25) is 4.68 Å². The number of hydrogen-bond acceptors (Lipinski definition) is 4. The van der Waals surface area contributed by atoms with Crippen LogP contribution in [-0.2, 0) is 16.9 Å². The molecule has 0 saturated carbocycles. The number of benzene rings is 1. The Morgan fingerprint density at radius 1 is 1.43 bits per heavy atom. The van der Waals surface area contributed by atoms with Crippen molar-refractivity contribution in [3.8, 4) is 0 Å². The Morgan fingerprint density at radius 3 is 2.74 bits per heavy atom. The van der Waals surface area contributed by atoms with Gasteiger partial charge in [-0.15, -0.1) is 0 Å². The summed E-state index contributed by atoms with van der Waals surface area (Å²) in [5.41, 5.74) is -2.88. The number of carbonyl (C=O) groups is 1. The summed E-state index contributed by atoms with van der Waals surface area (Å²) in [6.45, 7) is 2.00. The van der Waals surface area contributed by atoms with Crippen molar-refractivity contribution in [2.75, 3.05) is 0 Å². The van der Waals surface area contributed by atoms with Gasteiger partial charge in [-0.1, -0.05) is 6.92 Å². The summed E-state index contributed by atoms with van der Waals surface area (Å²) in [5, 5.41) is 23.9. The van der Waals surface area contributed by atoms with Gasteiger partial charge in [0.15, 0.2) is 5.60 Å².